The number of thiocarbonyl (C=S) groups is 1. The van der Waals surface area contributed by atoms with E-state index >= 15 is 0 Å². The van der Waals surface area contributed by atoms with Gasteiger partial charge in [0.1, 0.15) is 0 Å². The van der Waals surface area contributed by atoms with Gasteiger partial charge in [0.2, 0.25) is 0 Å². The number of nitrogens with zero attached hydrogens (tertiary/aromatic N) is 1. The molecule has 0 atom stereocenters. The van der Waals surface area contributed by atoms with Crippen molar-refractivity contribution in [2.45, 2.75) is 45.4 Å². The van der Waals surface area contributed by atoms with Crippen LogP contribution in [0.1, 0.15) is 44.6 Å². The molecule has 1 fully saturated rings. The molecule has 2 N–H and O–H groups in total. The maximum absolute atomic E-state index is 5.36. The van der Waals surface area contributed by atoms with Crippen molar-refractivity contribution in [3.63, 3.8) is 0 Å². The summed E-state index contributed by atoms with van der Waals surface area (Å²) in [4.78, 5) is 0. The Morgan fingerprint density at radius 1 is 1.15 bits per heavy atom. The van der Waals surface area contributed by atoms with Crippen LogP contribution in [0.5, 0.6) is 0 Å². The highest BCUT2D eigenvalue weighted by molar-refractivity contribution is 7.80. The van der Waals surface area contributed by atoms with Crippen LogP contribution in [0.3, 0.4) is 0 Å². The molecule has 4 heteroatoms. The number of benzene rings is 1. The second kappa shape index (κ2) is 8.22. The van der Waals surface area contributed by atoms with Crippen LogP contribution in [-0.2, 0) is 6.42 Å². The topological polar surface area (TPSA) is 27.3 Å². The third kappa shape index (κ3) is 5.10. The fourth-order valence-electron chi connectivity index (χ4n) is 2.44. The van der Waals surface area contributed by atoms with Gasteiger partial charge < -0.3 is 5.32 Å². The lowest BCUT2D eigenvalue weighted by atomic mass is 10.1. The van der Waals surface area contributed by atoms with Gasteiger partial charge in [-0.05, 0) is 55.6 Å². The van der Waals surface area contributed by atoms with Crippen LogP contribution < -0.4 is 10.7 Å². The zero-order valence-electron chi connectivity index (χ0n) is 12.3. The minimum absolute atomic E-state index is 0.688. The van der Waals surface area contributed by atoms with Crippen molar-refractivity contribution in [1.29, 1.82) is 0 Å². The van der Waals surface area contributed by atoms with E-state index in [2.05, 4.69) is 46.9 Å². The van der Waals surface area contributed by atoms with E-state index in [-0.39, 0.29) is 0 Å². The predicted octanol–water partition coefficient (Wildman–Crippen LogP) is 3.72. The maximum Gasteiger partial charge on any atom is 0.185 e. The molecular weight excluding hydrogens is 266 g/mol. The number of unbranched alkanes of at least 4 members (excludes halogenated alkanes) is 1. The Labute approximate surface area is 127 Å². The summed E-state index contributed by atoms with van der Waals surface area (Å²) in [6, 6.07) is 8.58. The Morgan fingerprint density at radius 2 is 1.85 bits per heavy atom. The molecule has 0 unspecified atom stereocenters. The van der Waals surface area contributed by atoms with E-state index in [0.29, 0.717) is 5.11 Å². The van der Waals surface area contributed by atoms with E-state index in [0.717, 1.165) is 25.2 Å². The van der Waals surface area contributed by atoms with E-state index < -0.39 is 0 Å². The highest BCUT2D eigenvalue weighted by Crippen LogP contribution is 2.12. The summed E-state index contributed by atoms with van der Waals surface area (Å²) in [6.07, 6.45) is 7.49. The van der Waals surface area contributed by atoms with E-state index in [1.165, 1.54) is 37.7 Å². The molecule has 1 aromatic carbocycles. The average Bonchev–Trinajstić information content (AvgIpc) is 2.47. The summed E-state index contributed by atoms with van der Waals surface area (Å²) >= 11 is 5.36. The molecule has 1 heterocycles. The van der Waals surface area contributed by atoms with E-state index in [1.807, 2.05) is 0 Å². The Kier molecular flexibility index (Phi) is 6.27. The number of rotatable bonds is 5. The Balaban J connectivity index is 1.78. The van der Waals surface area contributed by atoms with E-state index in [1.54, 1.807) is 0 Å². The van der Waals surface area contributed by atoms with Crippen LogP contribution in [0.15, 0.2) is 24.3 Å². The number of hydrogen-bond donors (Lipinski definition) is 2. The molecule has 0 bridgehead atoms. The van der Waals surface area contributed by atoms with Gasteiger partial charge in [-0.1, -0.05) is 31.9 Å². The van der Waals surface area contributed by atoms with Crippen molar-refractivity contribution in [2.24, 2.45) is 0 Å². The fraction of sp³-hybridized carbons (Fsp3) is 0.562. The summed E-state index contributed by atoms with van der Waals surface area (Å²) in [6.45, 7) is 4.39. The van der Waals surface area contributed by atoms with Crippen LogP contribution >= 0.6 is 12.2 Å². The Morgan fingerprint density at radius 3 is 2.50 bits per heavy atom. The highest BCUT2D eigenvalue weighted by Gasteiger charge is 2.10. The van der Waals surface area contributed by atoms with Crippen LogP contribution in [0.4, 0.5) is 5.69 Å². The van der Waals surface area contributed by atoms with Crippen molar-refractivity contribution in [3.05, 3.63) is 29.8 Å². The smallest absolute Gasteiger partial charge is 0.185 e. The molecule has 0 radical (unpaired) electrons. The lowest BCUT2D eigenvalue weighted by Crippen LogP contribution is -2.46. The molecule has 1 saturated heterocycles. The molecular formula is C16H25N3S. The van der Waals surface area contributed by atoms with E-state index in [9.17, 15) is 0 Å². The standard InChI is InChI=1S/C16H25N3S/c1-2-3-7-14-8-10-15(11-9-14)17-16(20)18-19-12-5-4-6-13-19/h8-11H,2-7,12-13H2,1H3,(H2,17,18,20). The minimum Gasteiger partial charge on any atom is -0.332 e. The molecule has 0 aromatic heterocycles. The van der Waals surface area contributed by atoms with Gasteiger partial charge in [0.25, 0.3) is 0 Å². The largest absolute Gasteiger partial charge is 0.332 e. The number of aryl methyl sites for hydroxylation is 1. The first-order valence-corrected chi connectivity index (χ1v) is 8.10. The zero-order chi connectivity index (χ0) is 14.2. The van der Waals surface area contributed by atoms with Crippen molar-refractivity contribution in [1.82, 2.24) is 10.4 Å². The molecule has 0 amide bonds. The molecule has 2 rings (SSSR count). The lowest BCUT2D eigenvalue weighted by molar-refractivity contribution is 0.196. The van der Waals surface area contributed by atoms with Gasteiger partial charge in [0.15, 0.2) is 5.11 Å². The first-order chi connectivity index (χ1) is 9.78. The third-order valence-corrected chi connectivity index (χ3v) is 3.84. The number of hydrazine groups is 1. The SMILES string of the molecule is CCCCc1ccc(NC(=S)NN2CCCCC2)cc1. The zero-order valence-corrected chi connectivity index (χ0v) is 13.1. The summed E-state index contributed by atoms with van der Waals surface area (Å²) in [5, 5.41) is 6.14. The molecule has 110 valence electrons. The third-order valence-electron chi connectivity index (χ3n) is 3.65. The number of nitrogens with one attached hydrogen (secondary N) is 2. The minimum atomic E-state index is 0.688. The maximum atomic E-state index is 5.36. The second-order valence-corrected chi connectivity index (χ2v) is 5.82. The van der Waals surface area contributed by atoms with Gasteiger partial charge in [-0.2, -0.15) is 0 Å². The Bertz CT molecular complexity index is 410. The summed E-state index contributed by atoms with van der Waals surface area (Å²) in [5.74, 6) is 0. The van der Waals surface area contributed by atoms with Crippen LogP contribution in [0, 0.1) is 0 Å². The first kappa shape index (κ1) is 15.3. The fourth-order valence-corrected chi connectivity index (χ4v) is 2.69. The van der Waals surface area contributed by atoms with Gasteiger partial charge in [-0.15, -0.1) is 0 Å². The van der Waals surface area contributed by atoms with Crippen LogP contribution in [-0.4, -0.2) is 23.2 Å². The predicted molar refractivity (Wildman–Crippen MR) is 89.8 cm³/mol. The first-order valence-electron chi connectivity index (χ1n) is 7.69. The number of piperidine rings is 1. The van der Waals surface area contributed by atoms with Gasteiger partial charge in [0, 0.05) is 18.8 Å². The van der Waals surface area contributed by atoms with Crippen molar-refractivity contribution >= 4 is 23.0 Å². The van der Waals surface area contributed by atoms with Crippen molar-refractivity contribution in [2.75, 3.05) is 18.4 Å². The average molecular weight is 291 g/mol. The number of hydrogen-bond acceptors (Lipinski definition) is 2. The van der Waals surface area contributed by atoms with Gasteiger partial charge in [0.05, 0.1) is 0 Å². The Hall–Kier alpha value is -1.13. The summed E-state index contributed by atoms with van der Waals surface area (Å²) in [7, 11) is 0. The summed E-state index contributed by atoms with van der Waals surface area (Å²) < 4.78 is 0. The molecule has 1 aliphatic heterocycles. The van der Waals surface area contributed by atoms with Crippen molar-refractivity contribution < 1.29 is 0 Å². The molecule has 20 heavy (non-hydrogen) atoms. The monoisotopic (exact) mass is 291 g/mol. The highest BCUT2D eigenvalue weighted by atomic mass is 32.1. The van der Waals surface area contributed by atoms with Gasteiger partial charge >= 0.3 is 0 Å². The normalized spacial score (nSPS) is 15.8. The summed E-state index contributed by atoms with van der Waals surface area (Å²) in [5.41, 5.74) is 5.72. The second-order valence-electron chi connectivity index (χ2n) is 5.41. The quantitative estimate of drug-likeness (QED) is 0.809. The van der Waals surface area contributed by atoms with Crippen LogP contribution in [0.25, 0.3) is 0 Å². The molecule has 3 nitrogen and oxygen atoms in total. The van der Waals surface area contributed by atoms with E-state index in [4.69, 9.17) is 12.2 Å². The molecule has 1 aliphatic rings. The number of anilines is 1. The molecule has 0 spiro atoms. The molecule has 0 aliphatic carbocycles. The molecule has 1 aromatic rings. The molecule has 0 saturated carbocycles. The van der Waals surface area contributed by atoms with Gasteiger partial charge in [-0.25, -0.2) is 5.01 Å². The van der Waals surface area contributed by atoms with Crippen LogP contribution in [0.2, 0.25) is 0 Å². The van der Waals surface area contributed by atoms with Crippen molar-refractivity contribution in [3.8, 4) is 0 Å². The van der Waals surface area contributed by atoms with Gasteiger partial charge in [-0.3, -0.25) is 5.43 Å². The lowest BCUT2D eigenvalue weighted by Gasteiger charge is -2.28.